The van der Waals surface area contributed by atoms with Gasteiger partial charge in [-0.05, 0) is 49.7 Å². The first kappa shape index (κ1) is 25.3. The van der Waals surface area contributed by atoms with E-state index in [0.29, 0.717) is 46.6 Å². The fourth-order valence-electron chi connectivity index (χ4n) is 4.60. The van der Waals surface area contributed by atoms with Crippen LogP contribution >= 0.6 is 11.6 Å². The van der Waals surface area contributed by atoms with Crippen LogP contribution in [0.3, 0.4) is 0 Å². The maximum atomic E-state index is 14.1. The summed E-state index contributed by atoms with van der Waals surface area (Å²) < 4.78 is 11.8. The van der Waals surface area contributed by atoms with Crippen molar-refractivity contribution in [1.82, 2.24) is 20.1 Å². The number of amidine groups is 1. The van der Waals surface area contributed by atoms with Crippen LogP contribution in [0.5, 0.6) is 5.75 Å². The topological polar surface area (TPSA) is 124 Å². The molecule has 0 spiro atoms. The molecule has 10 nitrogen and oxygen atoms in total. The van der Waals surface area contributed by atoms with Gasteiger partial charge in [0.15, 0.2) is 6.39 Å². The average Bonchev–Trinajstić information content (AvgIpc) is 3.56. The summed E-state index contributed by atoms with van der Waals surface area (Å²) in [6.07, 6.45) is 2.66. The second-order valence-corrected chi connectivity index (χ2v) is 9.65. The minimum absolute atomic E-state index is 0.0833. The molecule has 3 heterocycles. The number of urea groups is 1. The van der Waals surface area contributed by atoms with Gasteiger partial charge in [0.05, 0.1) is 29.5 Å². The molecule has 3 aromatic rings. The number of aromatic nitrogens is 1. The number of halogens is 1. The van der Waals surface area contributed by atoms with E-state index in [-0.39, 0.29) is 18.6 Å². The van der Waals surface area contributed by atoms with Gasteiger partial charge in [0.1, 0.15) is 36.0 Å². The van der Waals surface area contributed by atoms with Crippen molar-refractivity contribution in [1.29, 1.82) is 5.26 Å². The van der Waals surface area contributed by atoms with E-state index in [1.54, 1.807) is 36.5 Å². The second-order valence-electron chi connectivity index (χ2n) is 9.21. The van der Waals surface area contributed by atoms with Gasteiger partial charge >= 0.3 is 6.03 Å². The lowest BCUT2D eigenvalue weighted by atomic mass is 9.98. The van der Waals surface area contributed by atoms with Crippen LogP contribution in [-0.4, -0.2) is 58.3 Å². The largest absolute Gasteiger partial charge is 0.490 e. The summed E-state index contributed by atoms with van der Waals surface area (Å²) in [7, 11) is 0. The Hall–Kier alpha value is -4.36. The normalized spacial score (nSPS) is 19.2. The van der Waals surface area contributed by atoms with Gasteiger partial charge in [-0.1, -0.05) is 23.7 Å². The summed E-state index contributed by atoms with van der Waals surface area (Å²) in [5.41, 5.74) is 1.75. The molecule has 0 saturated carbocycles. The number of aliphatic imine (C=N–C) groups is 1. The van der Waals surface area contributed by atoms with Gasteiger partial charge in [-0.2, -0.15) is 5.26 Å². The van der Waals surface area contributed by atoms with Gasteiger partial charge in [-0.15, -0.1) is 0 Å². The van der Waals surface area contributed by atoms with Crippen molar-refractivity contribution in [3.05, 3.63) is 82.5 Å². The minimum Gasteiger partial charge on any atom is -0.490 e. The van der Waals surface area contributed by atoms with E-state index in [1.807, 2.05) is 26.0 Å². The molecule has 38 heavy (non-hydrogen) atoms. The Balaban J connectivity index is 1.69. The van der Waals surface area contributed by atoms with Gasteiger partial charge in [0, 0.05) is 18.1 Å². The molecule has 2 aromatic carbocycles. The highest BCUT2D eigenvalue weighted by Gasteiger charge is 2.46. The van der Waals surface area contributed by atoms with Crippen LogP contribution in [-0.2, 0) is 4.79 Å². The van der Waals surface area contributed by atoms with Crippen molar-refractivity contribution < 1.29 is 18.7 Å². The SMILES string of the molecule is CC(C)Oc1cc(C#N)ccc1C1=N[C@@H](c2ccc(Cl)cc2)[C@@H](c2cnco2)N1C(=O)N1CCNC(=O)C1. The highest BCUT2D eigenvalue weighted by molar-refractivity contribution is 6.30. The third-order valence-corrected chi connectivity index (χ3v) is 6.50. The lowest BCUT2D eigenvalue weighted by Gasteiger charge is -2.34. The second kappa shape index (κ2) is 10.6. The molecular formula is C27H25ClN6O4. The zero-order valence-corrected chi connectivity index (χ0v) is 21.6. The molecule has 0 unspecified atom stereocenters. The number of nitrogens with zero attached hydrogens (tertiary/aromatic N) is 5. The standard InChI is InChI=1S/C27H25ClN6O4/c1-16(2)38-21-11-17(12-29)3-8-20(21)26-32-24(18-4-6-19(28)7-5-18)25(22-13-30-15-37-22)34(26)27(36)33-10-9-31-23(35)14-33/h3-8,11,13,15-16,24-25H,9-10,14H2,1-2H3,(H,31,35)/t24-,25+/m0/s1. The number of hydrogen-bond donors (Lipinski definition) is 1. The van der Waals surface area contributed by atoms with E-state index < -0.39 is 18.1 Å². The Bertz CT molecular complexity index is 1410. The predicted molar refractivity (Wildman–Crippen MR) is 139 cm³/mol. The first-order valence-electron chi connectivity index (χ1n) is 12.1. The number of carbonyl (C=O) groups excluding carboxylic acids is 2. The number of piperazine rings is 1. The molecule has 5 rings (SSSR count). The van der Waals surface area contributed by atoms with Gasteiger partial charge in [-0.25, -0.2) is 9.78 Å². The van der Waals surface area contributed by atoms with Crippen LogP contribution < -0.4 is 10.1 Å². The smallest absolute Gasteiger partial charge is 0.326 e. The van der Waals surface area contributed by atoms with Crippen LogP contribution in [0, 0.1) is 11.3 Å². The summed E-state index contributed by atoms with van der Waals surface area (Å²) >= 11 is 6.15. The van der Waals surface area contributed by atoms with Crippen molar-refractivity contribution in [2.75, 3.05) is 19.6 Å². The quantitative estimate of drug-likeness (QED) is 0.528. The van der Waals surface area contributed by atoms with Crippen LogP contribution in [0.4, 0.5) is 4.79 Å². The number of ether oxygens (including phenoxy) is 1. The number of hydrogen-bond acceptors (Lipinski definition) is 7. The van der Waals surface area contributed by atoms with Crippen molar-refractivity contribution >= 4 is 29.4 Å². The highest BCUT2D eigenvalue weighted by Crippen LogP contribution is 2.45. The Morgan fingerprint density at radius 3 is 2.71 bits per heavy atom. The number of benzene rings is 2. The fourth-order valence-corrected chi connectivity index (χ4v) is 4.73. The molecule has 1 saturated heterocycles. The van der Waals surface area contributed by atoms with Gasteiger partial charge in [0.2, 0.25) is 5.91 Å². The Kier molecular flexibility index (Phi) is 7.03. The van der Waals surface area contributed by atoms with E-state index in [1.165, 1.54) is 16.2 Å². The molecule has 0 bridgehead atoms. The molecular weight excluding hydrogens is 508 g/mol. The third-order valence-electron chi connectivity index (χ3n) is 6.25. The maximum absolute atomic E-state index is 14.1. The Labute approximate surface area is 224 Å². The van der Waals surface area contributed by atoms with Crippen LogP contribution in [0.25, 0.3) is 0 Å². The molecule has 11 heteroatoms. The lowest BCUT2D eigenvalue weighted by Crippen LogP contribution is -2.55. The lowest BCUT2D eigenvalue weighted by molar-refractivity contribution is -0.123. The van der Waals surface area contributed by atoms with Crippen molar-refractivity contribution in [2.45, 2.75) is 32.0 Å². The molecule has 194 valence electrons. The maximum Gasteiger partial charge on any atom is 0.326 e. The number of nitrogens with one attached hydrogen (secondary N) is 1. The van der Waals surface area contributed by atoms with E-state index in [9.17, 15) is 14.9 Å². The average molecular weight is 533 g/mol. The molecule has 3 amide bonds. The summed E-state index contributed by atoms with van der Waals surface area (Å²) in [5, 5.41) is 12.8. The van der Waals surface area contributed by atoms with Crippen molar-refractivity contribution in [3.8, 4) is 11.8 Å². The van der Waals surface area contributed by atoms with Gasteiger partial charge in [-0.3, -0.25) is 14.7 Å². The first-order valence-corrected chi connectivity index (χ1v) is 12.5. The first-order chi connectivity index (χ1) is 18.4. The van der Waals surface area contributed by atoms with E-state index in [4.69, 9.17) is 25.7 Å². The Morgan fingerprint density at radius 2 is 2.05 bits per heavy atom. The molecule has 1 fully saturated rings. The number of amides is 3. The summed E-state index contributed by atoms with van der Waals surface area (Å²) in [6.45, 7) is 4.35. The van der Waals surface area contributed by atoms with E-state index >= 15 is 0 Å². The monoisotopic (exact) mass is 532 g/mol. The summed E-state index contributed by atoms with van der Waals surface area (Å²) in [4.78, 5) is 38.5. The van der Waals surface area contributed by atoms with E-state index in [0.717, 1.165) is 5.56 Å². The summed E-state index contributed by atoms with van der Waals surface area (Å²) in [6, 6.07) is 12.7. The zero-order chi connectivity index (χ0) is 26.8. The number of carbonyl (C=O) groups is 2. The number of oxazole rings is 1. The molecule has 2 aliphatic rings. The van der Waals surface area contributed by atoms with Crippen molar-refractivity contribution in [3.63, 3.8) is 0 Å². The summed E-state index contributed by atoms with van der Waals surface area (Å²) in [5.74, 6) is 0.941. The van der Waals surface area contributed by atoms with Gasteiger partial charge in [0.25, 0.3) is 0 Å². The number of nitriles is 1. The minimum atomic E-state index is -0.700. The molecule has 0 radical (unpaired) electrons. The van der Waals surface area contributed by atoms with E-state index in [2.05, 4.69) is 16.4 Å². The van der Waals surface area contributed by atoms with Crippen molar-refractivity contribution in [2.24, 2.45) is 4.99 Å². The predicted octanol–water partition coefficient (Wildman–Crippen LogP) is 4.08. The molecule has 1 N–H and O–H groups in total. The highest BCUT2D eigenvalue weighted by atomic mass is 35.5. The van der Waals surface area contributed by atoms with Gasteiger partial charge < -0.3 is 19.4 Å². The fraction of sp³-hybridized carbons (Fsp3) is 0.296. The molecule has 0 aliphatic carbocycles. The molecule has 2 aliphatic heterocycles. The van der Waals surface area contributed by atoms with Crippen LogP contribution in [0.15, 0.2) is 64.5 Å². The van der Waals surface area contributed by atoms with Crippen LogP contribution in [0.1, 0.15) is 48.4 Å². The Morgan fingerprint density at radius 1 is 1.26 bits per heavy atom. The molecule has 2 atom stereocenters. The zero-order valence-electron chi connectivity index (χ0n) is 20.8. The van der Waals surface area contributed by atoms with Crippen LogP contribution in [0.2, 0.25) is 5.02 Å². The third kappa shape index (κ3) is 4.93. The molecule has 1 aromatic heterocycles. The number of rotatable bonds is 5.